The lowest BCUT2D eigenvalue weighted by Crippen LogP contribution is -2.39. The minimum absolute atomic E-state index is 0.102. The zero-order valence-corrected chi connectivity index (χ0v) is 13.2. The van der Waals surface area contributed by atoms with Crippen molar-refractivity contribution in [2.24, 2.45) is 10.2 Å². The van der Waals surface area contributed by atoms with E-state index in [9.17, 15) is 4.79 Å². The van der Waals surface area contributed by atoms with E-state index in [4.69, 9.17) is 11.2 Å². The van der Waals surface area contributed by atoms with Crippen LogP contribution >= 0.6 is 0 Å². The Labute approximate surface area is 134 Å². The molecule has 0 aliphatic carbocycles. The van der Waals surface area contributed by atoms with Crippen molar-refractivity contribution in [1.29, 1.82) is 0 Å². The Bertz CT molecular complexity index is 653. The summed E-state index contributed by atoms with van der Waals surface area (Å²) in [5.41, 5.74) is -0.399. The number of hydrogen-bond acceptors (Lipinski definition) is 6. The van der Waals surface area contributed by atoms with E-state index < -0.39 is 5.66 Å². The van der Waals surface area contributed by atoms with Gasteiger partial charge in [0.1, 0.15) is 6.61 Å². The molecule has 0 saturated heterocycles. The van der Waals surface area contributed by atoms with E-state index in [1.807, 2.05) is 9.47 Å². The maximum Gasteiger partial charge on any atom is 0.223 e. The first-order valence-corrected chi connectivity index (χ1v) is 7.72. The smallest absolute Gasteiger partial charge is 0.223 e. The largest absolute Gasteiger partial charge is 0.377 e. The highest BCUT2D eigenvalue weighted by Crippen LogP contribution is 2.37. The van der Waals surface area contributed by atoms with Crippen molar-refractivity contribution in [2.45, 2.75) is 51.0 Å². The molecule has 0 radical (unpaired) electrons. The van der Waals surface area contributed by atoms with Gasteiger partial charge in [0, 0.05) is 45.9 Å². The Morgan fingerprint density at radius 3 is 2.87 bits per heavy atom. The lowest BCUT2D eigenvalue weighted by Gasteiger charge is -2.28. The number of terminal acetylenes is 1. The van der Waals surface area contributed by atoms with Gasteiger partial charge in [0.25, 0.3) is 0 Å². The summed E-state index contributed by atoms with van der Waals surface area (Å²) in [6.45, 7) is 2.28. The first kappa shape index (κ1) is 15.6. The molecule has 1 amide bonds. The second kappa shape index (κ2) is 6.46. The summed E-state index contributed by atoms with van der Waals surface area (Å²) in [5, 5.41) is 16.4. The molecule has 0 bridgehead atoms. The normalized spacial score (nSPS) is 17.7. The second-order valence-electron chi connectivity index (χ2n) is 5.82. The van der Waals surface area contributed by atoms with Crippen molar-refractivity contribution in [1.82, 2.24) is 19.7 Å². The van der Waals surface area contributed by atoms with Crippen molar-refractivity contribution in [3.05, 3.63) is 11.6 Å². The zero-order chi connectivity index (χ0) is 16.3. The molecule has 1 aromatic heterocycles. The molecular weight excluding hydrogens is 296 g/mol. The SMILES string of the molecule is C#CCCC1(CCC(=O)N2CCn3c(COC)nnc3C2)N=N1. The summed E-state index contributed by atoms with van der Waals surface area (Å²) in [5.74, 6) is 4.31. The standard InChI is InChI=1S/C15H20N6O2/c1-3-4-6-15(18-19-15)7-5-14(22)20-8-9-21-12(10-20)16-17-13(21)11-23-2/h1H,4-11H2,2H3. The number of aromatic nitrogens is 3. The first-order chi connectivity index (χ1) is 11.2. The lowest BCUT2D eigenvalue weighted by molar-refractivity contribution is -0.133. The van der Waals surface area contributed by atoms with Crippen molar-refractivity contribution >= 4 is 5.91 Å². The highest BCUT2D eigenvalue weighted by molar-refractivity contribution is 5.76. The van der Waals surface area contributed by atoms with Crippen molar-refractivity contribution in [2.75, 3.05) is 13.7 Å². The molecule has 0 unspecified atom stereocenters. The first-order valence-electron chi connectivity index (χ1n) is 7.72. The van der Waals surface area contributed by atoms with Crippen LogP contribution in [0.2, 0.25) is 0 Å². The van der Waals surface area contributed by atoms with E-state index in [-0.39, 0.29) is 5.91 Å². The number of hydrogen-bond donors (Lipinski definition) is 0. The molecule has 23 heavy (non-hydrogen) atoms. The summed E-state index contributed by atoms with van der Waals surface area (Å²) in [6, 6.07) is 0. The average molecular weight is 316 g/mol. The molecule has 0 atom stereocenters. The van der Waals surface area contributed by atoms with E-state index in [1.165, 1.54) is 0 Å². The number of rotatable bonds is 7. The van der Waals surface area contributed by atoms with E-state index >= 15 is 0 Å². The molecule has 0 N–H and O–H groups in total. The maximum atomic E-state index is 12.4. The van der Waals surface area contributed by atoms with Crippen molar-refractivity contribution < 1.29 is 9.53 Å². The molecule has 3 heterocycles. The number of amides is 1. The Hall–Kier alpha value is -2.27. The third-order valence-electron chi connectivity index (χ3n) is 4.25. The Balaban J connectivity index is 1.52. The number of carbonyl (C=O) groups excluding carboxylic acids is 1. The Morgan fingerprint density at radius 2 is 2.17 bits per heavy atom. The molecule has 3 rings (SSSR count). The van der Waals surface area contributed by atoms with Crippen LogP contribution in [0.15, 0.2) is 10.2 Å². The van der Waals surface area contributed by atoms with Crippen LogP contribution in [0.4, 0.5) is 0 Å². The second-order valence-corrected chi connectivity index (χ2v) is 5.82. The van der Waals surface area contributed by atoms with Gasteiger partial charge in [0.05, 0.1) is 6.54 Å². The number of fused-ring (bicyclic) bond motifs is 1. The molecule has 0 spiro atoms. The fraction of sp³-hybridized carbons (Fsp3) is 0.667. The maximum absolute atomic E-state index is 12.4. The molecule has 1 aromatic rings. The summed E-state index contributed by atoms with van der Waals surface area (Å²) < 4.78 is 7.12. The number of carbonyl (C=O) groups is 1. The summed E-state index contributed by atoms with van der Waals surface area (Å²) in [6.07, 6.45) is 7.69. The monoisotopic (exact) mass is 316 g/mol. The quantitative estimate of drug-likeness (QED) is 0.706. The topological polar surface area (TPSA) is 85.0 Å². The molecule has 2 aliphatic heterocycles. The average Bonchev–Trinajstić information content (AvgIpc) is 3.24. The summed E-state index contributed by atoms with van der Waals surface area (Å²) in [4.78, 5) is 14.2. The van der Waals surface area contributed by atoms with Crippen LogP contribution < -0.4 is 0 Å². The molecule has 0 saturated carbocycles. The Morgan fingerprint density at radius 1 is 1.35 bits per heavy atom. The van der Waals surface area contributed by atoms with Crippen LogP contribution in [0.1, 0.15) is 37.3 Å². The van der Waals surface area contributed by atoms with Crippen LogP contribution in [-0.2, 0) is 29.2 Å². The fourth-order valence-corrected chi connectivity index (χ4v) is 2.80. The molecule has 122 valence electrons. The van der Waals surface area contributed by atoms with Crippen LogP contribution in [0.5, 0.6) is 0 Å². The van der Waals surface area contributed by atoms with Gasteiger partial charge in [-0.2, -0.15) is 10.2 Å². The van der Waals surface area contributed by atoms with Gasteiger partial charge >= 0.3 is 0 Å². The van der Waals surface area contributed by atoms with Crippen LogP contribution in [-0.4, -0.2) is 44.9 Å². The fourth-order valence-electron chi connectivity index (χ4n) is 2.80. The number of ether oxygens (including phenoxy) is 1. The molecule has 0 aromatic carbocycles. The zero-order valence-electron chi connectivity index (χ0n) is 13.2. The van der Waals surface area contributed by atoms with Gasteiger partial charge in [-0.1, -0.05) is 0 Å². The van der Waals surface area contributed by atoms with Crippen LogP contribution in [0.25, 0.3) is 0 Å². The van der Waals surface area contributed by atoms with E-state index in [0.29, 0.717) is 45.5 Å². The summed E-state index contributed by atoms with van der Waals surface area (Å²) >= 11 is 0. The molecular formula is C15H20N6O2. The molecule has 0 fully saturated rings. The van der Waals surface area contributed by atoms with E-state index in [1.54, 1.807) is 7.11 Å². The minimum atomic E-state index is -0.399. The molecule has 2 aliphatic rings. The van der Waals surface area contributed by atoms with E-state index in [0.717, 1.165) is 18.1 Å². The van der Waals surface area contributed by atoms with Gasteiger partial charge in [0.2, 0.25) is 5.91 Å². The van der Waals surface area contributed by atoms with Gasteiger partial charge in [-0.05, 0) is 0 Å². The number of nitrogens with zero attached hydrogens (tertiary/aromatic N) is 6. The predicted octanol–water partition coefficient (Wildman–Crippen LogP) is 1.12. The highest BCUT2D eigenvalue weighted by atomic mass is 16.5. The van der Waals surface area contributed by atoms with Crippen LogP contribution in [0.3, 0.4) is 0 Å². The third kappa shape index (κ3) is 3.40. The third-order valence-corrected chi connectivity index (χ3v) is 4.25. The van der Waals surface area contributed by atoms with Crippen LogP contribution in [0, 0.1) is 12.3 Å². The molecule has 8 nitrogen and oxygen atoms in total. The number of methoxy groups -OCH3 is 1. The lowest BCUT2D eigenvalue weighted by atomic mass is 10.0. The van der Waals surface area contributed by atoms with Gasteiger partial charge in [-0.25, -0.2) is 0 Å². The highest BCUT2D eigenvalue weighted by Gasteiger charge is 2.39. The predicted molar refractivity (Wildman–Crippen MR) is 81.0 cm³/mol. The van der Waals surface area contributed by atoms with Gasteiger partial charge in [0.15, 0.2) is 17.3 Å². The summed E-state index contributed by atoms with van der Waals surface area (Å²) in [7, 11) is 1.63. The van der Waals surface area contributed by atoms with Crippen molar-refractivity contribution in [3.8, 4) is 12.3 Å². The Kier molecular flexibility index (Phi) is 4.39. The van der Waals surface area contributed by atoms with Gasteiger partial charge < -0.3 is 14.2 Å². The van der Waals surface area contributed by atoms with Crippen molar-refractivity contribution in [3.63, 3.8) is 0 Å². The van der Waals surface area contributed by atoms with E-state index in [2.05, 4.69) is 26.3 Å². The van der Waals surface area contributed by atoms with Gasteiger partial charge in [-0.15, -0.1) is 22.5 Å². The molecule has 8 heteroatoms. The van der Waals surface area contributed by atoms with Gasteiger partial charge in [-0.3, -0.25) is 4.79 Å². The minimum Gasteiger partial charge on any atom is -0.377 e.